The molecule has 94 valence electrons. The van der Waals surface area contributed by atoms with Crippen molar-refractivity contribution in [3.05, 3.63) is 28.8 Å². The van der Waals surface area contributed by atoms with Gasteiger partial charge in [-0.05, 0) is 49.4 Å². The third kappa shape index (κ3) is 3.77. The second kappa shape index (κ2) is 6.28. The molecule has 0 amide bonds. The van der Waals surface area contributed by atoms with Gasteiger partial charge in [0, 0.05) is 6.42 Å². The average molecular weight is 236 g/mol. The molecule has 1 aromatic rings. The standard InChI is InChI=1S/C14H20O3/c1-10-8-11(2)12(13(9-10)16-3)6-5-7-14(15)17-4/h8-9H,5-7H2,1-4H3. The molecule has 0 fully saturated rings. The number of benzene rings is 1. The predicted molar refractivity (Wildman–Crippen MR) is 67.4 cm³/mol. The molecule has 0 spiro atoms. The molecule has 0 saturated heterocycles. The van der Waals surface area contributed by atoms with E-state index in [1.807, 2.05) is 13.0 Å². The Hall–Kier alpha value is -1.51. The van der Waals surface area contributed by atoms with Crippen LogP contribution in [0.4, 0.5) is 0 Å². The zero-order chi connectivity index (χ0) is 12.8. The Kier molecular flexibility index (Phi) is 5.01. The van der Waals surface area contributed by atoms with Crippen LogP contribution in [0.2, 0.25) is 0 Å². The summed E-state index contributed by atoms with van der Waals surface area (Å²) < 4.78 is 10.00. The van der Waals surface area contributed by atoms with Crippen LogP contribution in [-0.2, 0) is 16.0 Å². The topological polar surface area (TPSA) is 35.5 Å². The monoisotopic (exact) mass is 236 g/mol. The van der Waals surface area contributed by atoms with E-state index in [9.17, 15) is 4.79 Å². The second-order valence-corrected chi connectivity index (χ2v) is 4.19. The van der Waals surface area contributed by atoms with Gasteiger partial charge in [-0.15, -0.1) is 0 Å². The van der Waals surface area contributed by atoms with Gasteiger partial charge >= 0.3 is 5.97 Å². The van der Waals surface area contributed by atoms with Crippen molar-refractivity contribution >= 4 is 5.97 Å². The van der Waals surface area contributed by atoms with E-state index in [0.29, 0.717) is 6.42 Å². The molecule has 0 aliphatic carbocycles. The zero-order valence-corrected chi connectivity index (χ0v) is 11.0. The molecule has 3 nitrogen and oxygen atoms in total. The minimum Gasteiger partial charge on any atom is -0.496 e. The maximum absolute atomic E-state index is 11.0. The number of carbonyl (C=O) groups excluding carboxylic acids is 1. The first-order chi connectivity index (χ1) is 8.08. The first kappa shape index (κ1) is 13.6. The molecular formula is C14H20O3. The van der Waals surface area contributed by atoms with Gasteiger partial charge in [0.05, 0.1) is 14.2 Å². The second-order valence-electron chi connectivity index (χ2n) is 4.19. The van der Waals surface area contributed by atoms with E-state index in [-0.39, 0.29) is 5.97 Å². The molecule has 0 unspecified atom stereocenters. The smallest absolute Gasteiger partial charge is 0.305 e. The minimum atomic E-state index is -0.159. The Labute approximate surface area is 103 Å². The molecule has 0 heterocycles. The van der Waals surface area contributed by atoms with Crippen molar-refractivity contribution in [3.8, 4) is 5.75 Å². The van der Waals surface area contributed by atoms with E-state index in [1.165, 1.54) is 23.8 Å². The third-order valence-corrected chi connectivity index (χ3v) is 2.83. The maximum atomic E-state index is 11.0. The molecule has 0 bridgehead atoms. The number of methoxy groups -OCH3 is 2. The SMILES string of the molecule is COC(=O)CCCc1c(C)cc(C)cc1OC. The Morgan fingerprint density at radius 3 is 2.53 bits per heavy atom. The Balaban J connectivity index is 2.73. The molecule has 17 heavy (non-hydrogen) atoms. The summed E-state index contributed by atoms with van der Waals surface area (Å²) in [7, 11) is 3.10. The van der Waals surface area contributed by atoms with Gasteiger partial charge in [-0.2, -0.15) is 0 Å². The van der Waals surface area contributed by atoms with E-state index < -0.39 is 0 Å². The van der Waals surface area contributed by atoms with Crippen molar-refractivity contribution < 1.29 is 14.3 Å². The van der Waals surface area contributed by atoms with Crippen molar-refractivity contribution in [3.63, 3.8) is 0 Å². The van der Waals surface area contributed by atoms with Crippen LogP contribution in [0.15, 0.2) is 12.1 Å². The highest BCUT2D eigenvalue weighted by atomic mass is 16.5. The van der Waals surface area contributed by atoms with Crippen LogP contribution < -0.4 is 4.74 Å². The normalized spacial score (nSPS) is 10.1. The Morgan fingerprint density at radius 1 is 1.24 bits per heavy atom. The molecular weight excluding hydrogens is 216 g/mol. The van der Waals surface area contributed by atoms with Crippen LogP contribution in [0, 0.1) is 13.8 Å². The molecule has 1 aromatic carbocycles. The van der Waals surface area contributed by atoms with Crippen LogP contribution in [0.5, 0.6) is 5.75 Å². The van der Waals surface area contributed by atoms with Crippen LogP contribution in [0.3, 0.4) is 0 Å². The molecule has 3 heteroatoms. The van der Waals surface area contributed by atoms with Crippen molar-refractivity contribution in [2.45, 2.75) is 33.1 Å². The molecule has 0 aromatic heterocycles. The number of esters is 1. The molecule has 1 rings (SSSR count). The van der Waals surface area contributed by atoms with E-state index >= 15 is 0 Å². The van der Waals surface area contributed by atoms with Gasteiger partial charge < -0.3 is 9.47 Å². The summed E-state index contributed by atoms with van der Waals surface area (Å²) in [5, 5.41) is 0. The fourth-order valence-electron chi connectivity index (χ4n) is 1.97. The minimum absolute atomic E-state index is 0.159. The lowest BCUT2D eigenvalue weighted by Gasteiger charge is -2.12. The summed E-state index contributed by atoms with van der Waals surface area (Å²) in [4.78, 5) is 11.0. The summed E-state index contributed by atoms with van der Waals surface area (Å²) in [6.45, 7) is 4.12. The summed E-state index contributed by atoms with van der Waals surface area (Å²) in [5.74, 6) is 0.751. The van der Waals surface area contributed by atoms with Crippen LogP contribution in [-0.4, -0.2) is 20.2 Å². The van der Waals surface area contributed by atoms with Gasteiger partial charge in [0.25, 0.3) is 0 Å². The summed E-state index contributed by atoms with van der Waals surface area (Å²) in [6, 6.07) is 4.16. The lowest BCUT2D eigenvalue weighted by molar-refractivity contribution is -0.140. The van der Waals surface area contributed by atoms with Gasteiger partial charge in [0.1, 0.15) is 5.75 Å². The van der Waals surface area contributed by atoms with Crippen molar-refractivity contribution in [1.82, 2.24) is 0 Å². The Morgan fingerprint density at radius 2 is 1.94 bits per heavy atom. The number of aryl methyl sites for hydroxylation is 2. The van der Waals surface area contributed by atoms with Gasteiger partial charge in [-0.25, -0.2) is 0 Å². The molecule has 0 aliphatic rings. The lowest BCUT2D eigenvalue weighted by Crippen LogP contribution is -2.02. The lowest BCUT2D eigenvalue weighted by atomic mass is 9.99. The number of hydrogen-bond donors (Lipinski definition) is 0. The third-order valence-electron chi connectivity index (χ3n) is 2.83. The molecule has 0 N–H and O–H groups in total. The van der Waals surface area contributed by atoms with Crippen molar-refractivity contribution in [1.29, 1.82) is 0 Å². The van der Waals surface area contributed by atoms with Gasteiger partial charge in [0.2, 0.25) is 0 Å². The van der Waals surface area contributed by atoms with Gasteiger partial charge in [-0.3, -0.25) is 4.79 Å². The summed E-state index contributed by atoms with van der Waals surface area (Å²) in [6.07, 6.45) is 2.07. The fraction of sp³-hybridized carbons (Fsp3) is 0.500. The molecule has 0 saturated carbocycles. The zero-order valence-electron chi connectivity index (χ0n) is 11.0. The number of rotatable bonds is 5. The van der Waals surface area contributed by atoms with E-state index in [1.54, 1.807) is 7.11 Å². The first-order valence-corrected chi connectivity index (χ1v) is 5.79. The van der Waals surface area contributed by atoms with E-state index in [0.717, 1.165) is 18.6 Å². The van der Waals surface area contributed by atoms with Crippen LogP contribution in [0.25, 0.3) is 0 Å². The number of hydrogen-bond acceptors (Lipinski definition) is 3. The summed E-state index contributed by atoms with van der Waals surface area (Å²) >= 11 is 0. The predicted octanol–water partition coefficient (Wildman–Crippen LogP) is 2.81. The first-order valence-electron chi connectivity index (χ1n) is 5.79. The molecule has 0 aliphatic heterocycles. The largest absolute Gasteiger partial charge is 0.496 e. The number of carbonyl (C=O) groups is 1. The highest BCUT2D eigenvalue weighted by Gasteiger charge is 2.08. The highest BCUT2D eigenvalue weighted by molar-refractivity contribution is 5.69. The highest BCUT2D eigenvalue weighted by Crippen LogP contribution is 2.25. The van der Waals surface area contributed by atoms with Crippen molar-refractivity contribution in [2.75, 3.05) is 14.2 Å². The van der Waals surface area contributed by atoms with Gasteiger partial charge in [-0.1, -0.05) is 6.07 Å². The average Bonchev–Trinajstić information content (AvgIpc) is 2.30. The quantitative estimate of drug-likeness (QED) is 0.737. The van der Waals surface area contributed by atoms with E-state index in [4.69, 9.17) is 4.74 Å². The van der Waals surface area contributed by atoms with Crippen LogP contribution >= 0.6 is 0 Å². The van der Waals surface area contributed by atoms with E-state index in [2.05, 4.69) is 17.7 Å². The molecule has 0 radical (unpaired) electrons. The fourth-order valence-corrected chi connectivity index (χ4v) is 1.97. The van der Waals surface area contributed by atoms with Gasteiger partial charge in [0.15, 0.2) is 0 Å². The summed E-state index contributed by atoms with van der Waals surface area (Å²) in [5.41, 5.74) is 3.59. The van der Waals surface area contributed by atoms with Crippen molar-refractivity contribution in [2.24, 2.45) is 0 Å². The maximum Gasteiger partial charge on any atom is 0.305 e. The molecule has 0 atom stereocenters. The Bertz CT molecular complexity index is 397. The van der Waals surface area contributed by atoms with Crippen LogP contribution in [0.1, 0.15) is 29.5 Å². The number of ether oxygens (including phenoxy) is 2.